The average molecular weight is 260 g/mol. The molecule has 0 bridgehead atoms. The van der Waals surface area contributed by atoms with Crippen molar-refractivity contribution in [1.82, 2.24) is 0 Å². The number of hydrogen-bond acceptors (Lipinski definition) is 2. The van der Waals surface area contributed by atoms with Gasteiger partial charge in [-0.15, -0.1) is 0 Å². The molecule has 2 N–H and O–H groups in total. The van der Waals surface area contributed by atoms with Crippen LogP contribution in [0.2, 0.25) is 10.0 Å². The lowest BCUT2D eigenvalue weighted by atomic mass is 9.81. The summed E-state index contributed by atoms with van der Waals surface area (Å²) < 4.78 is 5.44. The Balaban J connectivity index is 2.19. The van der Waals surface area contributed by atoms with Crippen molar-refractivity contribution in [2.45, 2.75) is 12.8 Å². The SMILES string of the molecule is NCC1(Cc2ccc(Cl)cc2Cl)CCOC1. The zero-order chi connectivity index (χ0) is 11.6. The third-order valence-corrected chi connectivity index (χ3v) is 3.79. The van der Waals surface area contributed by atoms with Crippen molar-refractivity contribution < 1.29 is 4.74 Å². The van der Waals surface area contributed by atoms with Crippen molar-refractivity contribution in [1.29, 1.82) is 0 Å². The fraction of sp³-hybridized carbons (Fsp3) is 0.500. The van der Waals surface area contributed by atoms with Crippen molar-refractivity contribution in [2.24, 2.45) is 11.1 Å². The van der Waals surface area contributed by atoms with E-state index in [0.717, 1.165) is 31.6 Å². The maximum atomic E-state index is 6.16. The quantitative estimate of drug-likeness (QED) is 0.906. The molecule has 1 fully saturated rings. The maximum Gasteiger partial charge on any atom is 0.0538 e. The largest absolute Gasteiger partial charge is 0.381 e. The minimum absolute atomic E-state index is 0.0530. The second-order valence-electron chi connectivity index (χ2n) is 4.42. The first-order chi connectivity index (χ1) is 7.65. The third kappa shape index (κ3) is 2.51. The van der Waals surface area contributed by atoms with Crippen LogP contribution in [0.4, 0.5) is 0 Å². The standard InChI is InChI=1S/C12H15Cl2NO/c13-10-2-1-9(11(14)5-10)6-12(7-15)3-4-16-8-12/h1-2,5H,3-4,6-8,15H2. The predicted molar refractivity (Wildman–Crippen MR) is 67.1 cm³/mol. The molecule has 0 aromatic heterocycles. The summed E-state index contributed by atoms with van der Waals surface area (Å²) in [4.78, 5) is 0. The molecule has 1 aromatic carbocycles. The summed E-state index contributed by atoms with van der Waals surface area (Å²) >= 11 is 12.0. The molecule has 1 unspecified atom stereocenters. The van der Waals surface area contributed by atoms with E-state index in [1.807, 2.05) is 12.1 Å². The predicted octanol–water partition coefficient (Wildman–Crippen LogP) is 2.90. The van der Waals surface area contributed by atoms with E-state index in [0.29, 0.717) is 16.6 Å². The first kappa shape index (κ1) is 12.2. The van der Waals surface area contributed by atoms with E-state index in [4.69, 9.17) is 33.7 Å². The van der Waals surface area contributed by atoms with E-state index >= 15 is 0 Å². The molecule has 0 radical (unpaired) electrons. The van der Waals surface area contributed by atoms with Gasteiger partial charge < -0.3 is 10.5 Å². The average Bonchev–Trinajstić information content (AvgIpc) is 2.72. The number of nitrogens with two attached hydrogens (primary N) is 1. The second kappa shape index (κ2) is 4.92. The van der Waals surface area contributed by atoms with Gasteiger partial charge in [-0.05, 0) is 30.5 Å². The Kier molecular flexibility index (Phi) is 3.75. The Morgan fingerprint density at radius 3 is 2.75 bits per heavy atom. The van der Waals surface area contributed by atoms with E-state index in [2.05, 4.69) is 0 Å². The Bertz CT molecular complexity index is 375. The minimum atomic E-state index is 0.0530. The van der Waals surface area contributed by atoms with Crippen molar-refractivity contribution in [3.8, 4) is 0 Å². The van der Waals surface area contributed by atoms with E-state index < -0.39 is 0 Å². The highest BCUT2D eigenvalue weighted by atomic mass is 35.5. The van der Waals surface area contributed by atoms with Crippen LogP contribution in [-0.4, -0.2) is 19.8 Å². The molecular formula is C12H15Cl2NO. The molecule has 0 aliphatic carbocycles. The molecule has 0 saturated carbocycles. The van der Waals surface area contributed by atoms with Crippen LogP contribution in [0.1, 0.15) is 12.0 Å². The Morgan fingerprint density at radius 1 is 1.38 bits per heavy atom. The maximum absolute atomic E-state index is 6.16. The van der Waals surface area contributed by atoms with Crippen LogP contribution in [0.5, 0.6) is 0 Å². The van der Waals surface area contributed by atoms with Crippen molar-refractivity contribution >= 4 is 23.2 Å². The second-order valence-corrected chi connectivity index (χ2v) is 5.26. The molecule has 2 rings (SSSR count). The molecule has 0 amide bonds. The summed E-state index contributed by atoms with van der Waals surface area (Å²) in [5, 5.41) is 1.38. The van der Waals surface area contributed by atoms with Gasteiger partial charge in [0.15, 0.2) is 0 Å². The lowest BCUT2D eigenvalue weighted by Gasteiger charge is -2.25. The van der Waals surface area contributed by atoms with E-state index in [1.165, 1.54) is 0 Å². The molecule has 4 heteroatoms. The zero-order valence-electron chi connectivity index (χ0n) is 9.01. The number of ether oxygens (including phenoxy) is 1. The van der Waals surface area contributed by atoms with Crippen LogP contribution in [0.25, 0.3) is 0 Å². The van der Waals surface area contributed by atoms with Crippen LogP contribution in [0, 0.1) is 5.41 Å². The number of hydrogen-bond donors (Lipinski definition) is 1. The number of benzene rings is 1. The minimum Gasteiger partial charge on any atom is -0.381 e. The molecule has 1 saturated heterocycles. The van der Waals surface area contributed by atoms with Gasteiger partial charge in [-0.1, -0.05) is 29.3 Å². The van der Waals surface area contributed by atoms with Gasteiger partial charge in [0.05, 0.1) is 6.61 Å². The normalized spacial score (nSPS) is 24.9. The van der Waals surface area contributed by atoms with Crippen LogP contribution >= 0.6 is 23.2 Å². The van der Waals surface area contributed by atoms with Gasteiger partial charge in [-0.2, -0.15) is 0 Å². The van der Waals surface area contributed by atoms with Crippen LogP contribution < -0.4 is 5.73 Å². The van der Waals surface area contributed by atoms with Crippen molar-refractivity contribution in [2.75, 3.05) is 19.8 Å². The van der Waals surface area contributed by atoms with Gasteiger partial charge in [0, 0.05) is 28.6 Å². The van der Waals surface area contributed by atoms with Crippen LogP contribution in [0.3, 0.4) is 0 Å². The molecule has 1 atom stereocenters. The molecule has 2 nitrogen and oxygen atoms in total. The molecule has 1 aliphatic heterocycles. The number of halogens is 2. The zero-order valence-corrected chi connectivity index (χ0v) is 10.5. The fourth-order valence-electron chi connectivity index (χ4n) is 2.09. The van der Waals surface area contributed by atoms with Gasteiger partial charge in [-0.3, -0.25) is 0 Å². The Labute approximate surface area is 106 Å². The van der Waals surface area contributed by atoms with Crippen molar-refractivity contribution in [3.05, 3.63) is 33.8 Å². The van der Waals surface area contributed by atoms with E-state index in [1.54, 1.807) is 6.07 Å². The highest BCUT2D eigenvalue weighted by Gasteiger charge is 2.34. The molecule has 1 aliphatic rings. The van der Waals surface area contributed by atoms with Crippen molar-refractivity contribution in [3.63, 3.8) is 0 Å². The molecule has 1 heterocycles. The summed E-state index contributed by atoms with van der Waals surface area (Å²) in [5.41, 5.74) is 7.00. The van der Waals surface area contributed by atoms with Gasteiger partial charge in [0.25, 0.3) is 0 Å². The molecule has 88 valence electrons. The molecule has 16 heavy (non-hydrogen) atoms. The van der Waals surface area contributed by atoms with Gasteiger partial charge in [0.1, 0.15) is 0 Å². The third-order valence-electron chi connectivity index (χ3n) is 3.20. The first-order valence-electron chi connectivity index (χ1n) is 5.37. The molecule has 1 aromatic rings. The molecular weight excluding hydrogens is 245 g/mol. The topological polar surface area (TPSA) is 35.2 Å². The Morgan fingerprint density at radius 2 is 2.19 bits per heavy atom. The number of rotatable bonds is 3. The van der Waals surface area contributed by atoms with Gasteiger partial charge >= 0.3 is 0 Å². The van der Waals surface area contributed by atoms with Gasteiger partial charge in [0.2, 0.25) is 0 Å². The summed E-state index contributed by atoms with van der Waals surface area (Å²) in [6.45, 7) is 2.15. The lowest BCUT2D eigenvalue weighted by Crippen LogP contribution is -2.33. The fourth-order valence-corrected chi connectivity index (χ4v) is 2.57. The summed E-state index contributed by atoms with van der Waals surface area (Å²) in [6.07, 6.45) is 1.86. The van der Waals surface area contributed by atoms with Crippen LogP contribution in [0.15, 0.2) is 18.2 Å². The summed E-state index contributed by atoms with van der Waals surface area (Å²) in [6, 6.07) is 5.61. The first-order valence-corrected chi connectivity index (χ1v) is 6.13. The smallest absolute Gasteiger partial charge is 0.0538 e. The highest BCUT2D eigenvalue weighted by Crippen LogP contribution is 2.34. The van der Waals surface area contributed by atoms with Crippen LogP contribution in [-0.2, 0) is 11.2 Å². The van der Waals surface area contributed by atoms with E-state index in [9.17, 15) is 0 Å². The molecule has 0 spiro atoms. The summed E-state index contributed by atoms with van der Waals surface area (Å²) in [7, 11) is 0. The van der Waals surface area contributed by atoms with Gasteiger partial charge in [-0.25, -0.2) is 0 Å². The summed E-state index contributed by atoms with van der Waals surface area (Å²) in [5.74, 6) is 0. The Hall–Kier alpha value is -0.280. The van der Waals surface area contributed by atoms with E-state index in [-0.39, 0.29) is 5.41 Å². The lowest BCUT2D eigenvalue weighted by molar-refractivity contribution is 0.154. The highest BCUT2D eigenvalue weighted by molar-refractivity contribution is 6.35. The monoisotopic (exact) mass is 259 g/mol.